The first-order valence-corrected chi connectivity index (χ1v) is 4.68. The molecule has 1 aromatic carbocycles. The summed E-state index contributed by atoms with van der Waals surface area (Å²) in [5, 5.41) is 19.2. The number of hydrogen-bond acceptors (Lipinski definition) is 4. The third-order valence-corrected chi connectivity index (χ3v) is 2.22. The molecule has 1 rings (SSSR count). The molecule has 4 nitrogen and oxygen atoms in total. The van der Waals surface area contributed by atoms with Crippen molar-refractivity contribution >= 4 is 0 Å². The maximum Gasteiger partial charge on any atom is 0.128 e. The molecule has 84 valence electrons. The molecule has 0 aromatic heterocycles. The van der Waals surface area contributed by atoms with Crippen molar-refractivity contribution in [3.63, 3.8) is 0 Å². The summed E-state index contributed by atoms with van der Waals surface area (Å²) in [6.45, 7) is 1.51. The molecule has 0 aliphatic rings. The molecular weight excluding hydrogens is 196 g/mol. The normalized spacial score (nSPS) is 14.5. The van der Waals surface area contributed by atoms with Gasteiger partial charge >= 0.3 is 0 Å². The van der Waals surface area contributed by atoms with E-state index in [1.54, 1.807) is 18.2 Å². The van der Waals surface area contributed by atoms with Crippen LogP contribution in [0.4, 0.5) is 0 Å². The maximum atomic E-state index is 9.81. The Morgan fingerprint density at radius 2 is 1.53 bits per heavy atom. The molecule has 15 heavy (non-hydrogen) atoms. The lowest BCUT2D eigenvalue weighted by Crippen LogP contribution is -2.15. The Kier molecular flexibility index (Phi) is 3.94. The monoisotopic (exact) mass is 212 g/mol. The summed E-state index contributed by atoms with van der Waals surface area (Å²) in [6, 6.07) is 5.18. The number of rotatable bonds is 4. The smallest absolute Gasteiger partial charge is 0.128 e. The second-order valence-electron chi connectivity index (χ2n) is 3.26. The van der Waals surface area contributed by atoms with Gasteiger partial charge in [-0.2, -0.15) is 0 Å². The van der Waals surface area contributed by atoms with Gasteiger partial charge in [0.25, 0.3) is 0 Å². The quantitative estimate of drug-likeness (QED) is 0.785. The van der Waals surface area contributed by atoms with Crippen LogP contribution in [0, 0.1) is 0 Å². The van der Waals surface area contributed by atoms with Gasteiger partial charge in [0, 0.05) is 0 Å². The van der Waals surface area contributed by atoms with Gasteiger partial charge in [-0.05, 0) is 19.1 Å². The van der Waals surface area contributed by atoms with Crippen LogP contribution in [0.1, 0.15) is 18.6 Å². The van der Waals surface area contributed by atoms with Crippen LogP contribution in [0.25, 0.3) is 0 Å². The fraction of sp³-hybridized carbons (Fsp3) is 0.455. The second-order valence-corrected chi connectivity index (χ2v) is 3.26. The van der Waals surface area contributed by atoms with Crippen LogP contribution in [0.3, 0.4) is 0 Å². The van der Waals surface area contributed by atoms with Gasteiger partial charge in [-0.3, -0.25) is 0 Å². The highest BCUT2D eigenvalue weighted by Gasteiger charge is 2.22. The van der Waals surface area contributed by atoms with E-state index in [1.807, 2.05) is 0 Å². The minimum atomic E-state index is -1.02. The van der Waals surface area contributed by atoms with Crippen LogP contribution in [0.5, 0.6) is 11.5 Å². The molecule has 2 unspecified atom stereocenters. The molecule has 0 fully saturated rings. The Morgan fingerprint density at radius 3 is 1.87 bits per heavy atom. The molecule has 0 heterocycles. The first-order valence-electron chi connectivity index (χ1n) is 4.68. The predicted molar refractivity (Wildman–Crippen MR) is 56.2 cm³/mol. The molecule has 0 aliphatic heterocycles. The van der Waals surface area contributed by atoms with E-state index < -0.39 is 12.2 Å². The fourth-order valence-electron chi connectivity index (χ4n) is 1.41. The molecule has 0 saturated heterocycles. The van der Waals surface area contributed by atoms with Crippen molar-refractivity contribution in [1.82, 2.24) is 0 Å². The van der Waals surface area contributed by atoms with Crippen LogP contribution in [0.2, 0.25) is 0 Å². The van der Waals surface area contributed by atoms with E-state index in [9.17, 15) is 10.2 Å². The van der Waals surface area contributed by atoms with Gasteiger partial charge in [-0.1, -0.05) is 6.07 Å². The number of aliphatic hydroxyl groups is 2. The highest BCUT2D eigenvalue weighted by atomic mass is 16.5. The standard InChI is InChI=1S/C11H16O4/c1-7(12)11(13)10-8(14-2)5-4-6-9(10)15-3/h4-7,11-13H,1-3H3. The Labute approximate surface area is 89.1 Å². The van der Waals surface area contributed by atoms with Crippen LogP contribution >= 0.6 is 0 Å². The molecule has 2 atom stereocenters. The number of methoxy groups -OCH3 is 2. The van der Waals surface area contributed by atoms with Gasteiger partial charge in [0.2, 0.25) is 0 Å². The maximum absolute atomic E-state index is 9.81. The third-order valence-electron chi connectivity index (χ3n) is 2.22. The zero-order chi connectivity index (χ0) is 11.4. The number of benzene rings is 1. The molecule has 0 amide bonds. The summed E-state index contributed by atoms with van der Waals surface area (Å²) in [5.41, 5.74) is 0.470. The van der Waals surface area contributed by atoms with Crippen LogP contribution in [-0.2, 0) is 0 Å². The number of ether oxygens (including phenoxy) is 2. The lowest BCUT2D eigenvalue weighted by molar-refractivity contribution is 0.0275. The van der Waals surface area contributed by atoms with Gasteiger partial charge in [0.15, 0.2) is 0 Å². The molecule has 4 heteroatoms. The van der Waals surface area contributed by atoms with Crippen molar-refractivity contribution in [1.29, 1.82) is 0 Å². The van der Waals surface area contributed by atoms with Crippen molar-refractivity contribution in [3.8, 4) is 11.5 Å². The lowest BCUT2D eigenvalue weighted by atomic mass is 10.0. The van der Waals surface area contributed by atoms with Gasteiger partial charge in [-0.25, -0.2) is 0 Å². The SMILES string of the molecule is COc1cccc(OC)c1C(O)C(C)O. The first-order chi connectivity index (χ1) is 7.11. The summed E-state index contributed by atoms with van der Waals surface area (Å²) in [7, 11) is 3.01. The van der Waals surface area contributed by atoms with Crippen LogP contribution < -0.4 is 9.47 Å². The lowest BCUT2D eigenvalue weighted by Gasteiger charge is -2.19. The van der Waals surface area contributed by atoms with Gasteiger partial charge in [0.1, 0.15) is 17.6 Å². The van der Waals surface area contributed by atoms with E-state index in [4.69, 9.17) is 9.47 Å². The summed E-state index contributed by atoms with van der Waals surface area (Å²) in [4.78, 5) is 0. The highest BCUT2D eigenvalue weighted by Crippen LogP contribution is 2.35. The molecular formula is C11H16O4. The van der Waals surface area contributed by atoms with Gasteiger partial charge in [0.05, 0.1) is 25.9 Å². The van der Waals surface area contributed by atoms with E-state index >= 15 is 0 Å². The van der Waals surface area contributed by atoms with E-state index in [2.05, 4.69) is 0 Å². The molecule has 0 bridgehead atoms. The Bertz CT molecular complexity index is 300. The summed E-state index contributed by atoms with van der Waals surface area (Å²) >= 11 is 0. The molecule has 1 aromatic rings. The average Bonchev–Trinajstić information content (AvgIpc) is 2.26. The van der Waals surface area contributed by atoms with Crippen LogP contribution in [-0.4, -0.2) is 30.5 Å². The van der Waals surface area contributed by atoms with Crippen molar-refractivity contribution < 1.29 is 19.7 Å². The van der Waals surface area contributed by atoms with Crippen molar-refractivity contribution in [2.75, 3.05) is 14.2 Å². The zero-order valence-corrected chi connectivity index (χ0v) is 9.10. The van der Waals surface area contributed by atoms with E-state index in [0.29, 0.717) is 17.1 Å². The molecule has 0 radical (unpaired) electrons. The Balaban J connectivity index is 3.21. The van der Waals surface area contributed by atoms with Gasteiger partial charge in [-0.15, -0.1) is 0 Å². The molecule has 0 aliphatic carbocycles. The zero-order valence-electron chi connectivity index (χ0n) is 9.10. The number of aliphatic hydroxyl groups excluding tert-OH is 2. The summed E-state index contributed by atoms with van der Waals surface area (Å²) < 4.78 is 10.2. The number of hydrogen-bond donors (Lipinski definition) is 2. The topological polar surface area (TPSA) is 58.9 Å². The molecule has 0 spiro atoms. The van der Waals surface area contributed by atoms with Gasteiger partial charge < -0.3 is 19.7 Å². The molecule has 2 N–H and O–H groups in total. The highest BCUT2D eigenvalue weighted by molar-refractivity contribution is 5.46. The molecule has 0 saturated carbocycles. The summed E-state index contributed by atoms with van der Waals surface area (Å²) in [5.74, 6) is 1.01. The predicted octanol–water partition coefficient (Wildman–Crippen LogP) is 1.12. The van der Waals surface area contributed by atoms with E-state index in [-0.39, 0.29) is 0 Å². The third kappa shape index (κ3) is 2.40. The average molecular weight is 212 g/mol. The van der Waals surface area contributed by atoms with E-state index in [0.717, 1.165) is 0 Å². The second kappa shape index (κ2) is 5.00. The van der Waals surface area contributed by atoms with E-state index in [1.165, 1.54) is 21.1 Å². The Hall–Kier alpha value is -1.26. The van der Waals surface area contributed by atoms with Crippen molar-refractivity contribution in [3.05, 3.63) is 23.8 Å². The Morgan fingerprint density at radius 1 is 1.07 bits per heavy atom. The van der Waals surface area contributed by atoms with Crippen LogP contribution in [0.15, 0.2) is 18.2 Å². The largest absolute Gasteiger partial charge is 0.496 e. The first kappa shape index (κ1) is 11.8. The minimum Gasteiger partial charge on any atom is -0.496 e. The van der Waals surface area contributed by atoms with Crippen molar-refractivity contribution in [2.24, 2.45) is 0 Å². The fourth-order valence-corrected chi connectivity index (χ4v) is 1.41. The van der Waals surface area contributed by atoms with Crippen molar-refractivity contribution in [2.45, 2.75) is 19.1 Å². The minimum absolute atomic E-state index is 0.470. The summed E-state index contributed by atoms with van der Waals surface area (Å²) in [6.07, 6.45) is -1.90.